The number of nitrogens with two attached hydrogens (primary N) is 1. The average Bonchev–Trinajstić information content (AvgIpc) is 2.98. The van der Waals surface area contributed by atoms with Gasteiger partial charge in [-0.25, -0.2) is 4.79 Å². The monoisotopic (exact) mass is 395 g/mol. The minimum atomic E-state index is -0.388. The van der Waals surface area contributed by atoms with Gasteiger partial charge in [0, 0.05) is 25.8 Å². The van der Waals surface area contributed by atoms with Crippen molar-refractivity contribution in [3.05, 3.63) is 35.9 Å². The van der Waals surface area contributed by atoms with E-state index in [0.29, 0.717) is 18.2 Å². The van der Waals surface area contributed by atoms with Gasteiger partial charge in [0.15, 0.2) is 0 Å². The first kappa shape index (κ1) is 24.1. The molecule has 5 atom stereocenters. The zero-order chi connectivity index (χ0) is 21.1. The number of piperidine rings is 1. The Balaban J connectivity index is 0.000000583. The van der Waals surface area contributed by atoms with Gasteiger partial charge in [-0.2, -0.15) is 0 Å². The fraction of sp³-hybridized carbons (Fsp3) is 0.619. The van der Waals surface area contributed by atoms with Crippen LogP contribution < -0.4 is 10.6 Å². The highest BCUT2D eigenvalue weighted by Crippen LogP contribution is 2.31. The van der Waals surface area contributed by atoms with Crippen LogP contribution in [0.4, 0.5) is 0 Å². The summed E-state index contributed by atoms with van der Waals surface area (Å²) in [7, 11) is 3.52. The number of fused-ring (bicyclic) bond motifs is 2. The first-order valence-corrected chi connectivity index (χ1v) is 10.0. The Morgan fingerprint density at radius 1 is 1.21 bits per heavy atom. The van der Waals surface area contributed by atoms with Crippen LogP contribution in [0.1, 0.15) is 43.5 Å². The van der Waals surface area contributed by atoms with E-state index in [2.05, 4.69) is 7.05 Å². The normalized spacial score (nSPS) is 27.4. The van der Waals surface area contributed by atoms with Gasteiger partial charge in [-0.1, -0.05) is 32.0 Å². The van der Waals surface area contributed by atoms with Crippen LogP contribution in [0.3, 0.4) is 0 Å². The minimum Gasteiger partial charge on any atom is -0.469 e. The van der Waals surface area contributed by atoms with E-state index in [1.165, 1.54) is 12.0 Å². The van der Waals surface area contributed by atoms with Gasteiger partial charge in [0.1, 0.15) is 18.1 Å². The zero-order valence-corrected chi connectivity index (χ0v) is 17.4. The van der Waals surface area contributed by atoms with Crippen LogP contribution in [0, 0.1) is 5.92 Å². The predicted octanol–water partition coefficient (Wildman–Crippen LogP) is 0.414. The lowest BCUT2D eigenvalue weighted by Gasteiger charge is -2.38. The number of aliphatic hydroxyl groups is 1. The maximum atomic E-state index is 12.3. The van der Waals surface area contributed by atoms with Crippen LogP contribution >= 0.6 is 0 Å². The second kappa shape index (κ2) is 12.5. The molecule has 2 saturated heterocycles. The highest BCUT2D eigenvalue weighted by Gasteiger charge is 2.54. The van der Waals surface area contributed by atoms with E-state index in [9.17, 15) is 9.59 Å². The van der Waals surface area contributed by atoms with Gasteiger partial charge in [0.25, 0.3) is 0 Å². The fourth-order valence-corrected chi connectivity index (χ4v) is 3.94. The quantitative estimate of drug-likeness (QED) is 0.638. The maximum Gasteiger partial charge on any atom is 0.338 e. The lowest BCUT2D eigenvalue weighted by Crippen LogP contribution is -3.16. The molecule has 0 amide bonds. The van der Waals surface area contributed by atoms with E-state index < -0.39 is 0 Å². The number of ether oxygens (including phenoxy) is 2. The number of quaternary nitrogens is 1. The molecule has 7 nitrogen and oxygen atoms in total. The molecular formula is C21H35N2O5+. The number of esters is 2. The summed E-state index contributed by atoms with van der Waals surface area (Å²) in [6.45, 7) is 4.47. The number of nitrogens with one attached hydrogen (secondary N) is 1. The number of hydrogen-bond acceptors (Lipinski definition) is 6. The Bertz CT molecular complexity index is 594. The van der Waals surface area contributed by atoms with E-state index >= 15 is 0 Å². The van der Waals surface area contributed by atoms with Crippen molar-refractivity contribution in [1.29, 1.82) is 0 Å². The number of rotatable bonds is 4. The maximum absolute atomic E-state index is 12.3. The molecule has 0 spiro atoms. The Morgan fingerprint density at radius 3 is 2.36 bits per heavy atom. The van der Waals surface area contributed by atoms with Crippen LogP contribution in [-0.4, -0.2) is 62.5 Å². The molecule has 7 heteroatoms. The van der Waals surface area contributed by atoms with Crippen molar-refractivity contribution in [2.75, 3.05) is 27.3 Å². The van der Waals surface area contributed by atoms with Crippen LogP contribution in [-0.2, 0) is 14.3 Å². The van der Waals surface area contributed by atoms with Gasteiger partial charge in [-0.3, -0.25) is 4.79 Å². The number of benzene rings is 1. The summed E-state index contributed by atoms with van der Waals surface area (Å²) in [5.74, 6) is -0.995. The van der Waals surface area contributed by atoms with Gasteiger partial charge in [0.05, 0.1) is 32.4 Å². The minimum absolute atomic E-state index is 0.0972. The van der Waals surface area contributed by atoms with Crippen molar-refractivity contribution in [1.82, 2.24) is 0 Å². The third kappa shape index (κ3) is 6.02. The topological polar surface area (TPSA) is 103 Å². The first-order valence-electron chi connectivity index (χ1n) is 10.0. The van der Waals surface area contributed by atoms with Crippen LogP contribution in [0.25, 0.3) is 0 Å². The Morgan fingerprint density at radius 2 is 1.82 bits per heavy atom. The van der Waals surface area contributed by atoms with Crippen molar-refractivity contribution in [2.45, 2.75) is 51.3 Å². The smallest absolute Gasteiger partial charge is 0.338 e. The van der Waals surface area contributed by atoms with Crippen LogP contribution in [0.2, 0.25) is 0 Å². The molecule has 0 aromatic heterocycles. The molecule has 5 unspecified atom stereocenters. The first-order chi connectivity index (χ1) is 13.5. The Hall–Kier alpha value is -1.96. The molecule has 2 aliphatic heterocycles. The highest BCUT2D eigenvalue weighted by atomic mass is 16.6. The van der Waals surface area contributed by atoms with E-state index in [0.717, 1.165) is 19.3 Å². The zero-order valence-electron chi connectivity index (χ0n) is 17.4. The summed E-state index contributed by atoms with van der Waals surface area (Å²) < 4.78 is 10.7. The Labute approximate surface area is 167 Å². The van der Waals surface area contributed by atoms with Crippen LogP contribution in [0.5, 0.6) is 0 Å². The summed E-state index contributed by atoms with van der Waals surface area (Å²) in [6, 6.07) is 9.55. The number of methoxy groups -OCH3 is 1. The number of hydrogen-bond donors (Lipinski definition) is 3. The van der Waals surface area contributed by atoms with Crippen LogP contribution in [0.15, 0.2) is 30.3 Å². The molecule has 2 aliphatic rings. The van der Waals surface area contributed by atoms with Gasteiger partial charge in [0.2, 0.25) is 0 Å². The van der Waals surface area contributed by atoms with Gasteiger partial charge in [-0.15, -0.1) is 0 Å². The third-order valence-corrected chi connectivity index (χ3v) is 5.28. The van der Waals surface area contributed by atoms with Crippen molar-refractivity contribution in [2.24, 2.45) is 11.7 Å². The van der Waals surface area contributed by atoms with E-state index in [-0.39, 0.29) is 36.6 Å². The van der Waals surface area contributed by atoms with Gasteiger partial charge >= 0.3 is 11.9 Å². The standard InChI is InChI=1S/C17H21NO4.C2H7NO.C2H6/c1-18-12-8-9-13(18)15(17(20)21-2)14(10-12)22-16(19)11-6-4-3-5-7-11;3-1-2-4;1-2/h3-7,12-15H,8-10H2,1-2H3;4H,1-3H2;1-2H3/p+1. The molecule has 28 heavy (non-hydrogen) atoms. The molecule has 4 N–H and O–H groups in total. The molecule has 0 radical (unpaired) electrons. The van der Waals surface area contributed by atoms with Crippen molar-refractivity contribution >= 4 is 11.9 Å². The summed E-state index contributed by atoms with van der Waals surface area (Å²) >= 11 is 0. The molecule has 2 fully saturated rings. The molecule has 2 bridgehead atoms. The molecule has 158 valence electrons. The molecule has 3 rings (SSSR count). The summed E-state index contributed by atoms with van der Waals surface area (Å²) in [5, 5.41) is 7.75. The fourth-order valence-electron chi connectivity index (χ4n) is 3.94. The van der Waals surface area contributed by atoms with Crippen molar-refractivity contribution < 1.29 is 29.1 Å². The Kier molecular flexibility index (Phi) is 10.7. The van der Waals surface area contributed by atoms with E-state index in [1.54, 1.807) is 24.3 Å². The van der Waals surface area contributed by atoms with Crippen molar-refractivity contribution in [3.8, 4) is 0 Å². The second-order valence-electron chi connectivity index (χ2n) is 6.73. The van der Waals surface area contributed by atoms with Crippen molar-refractivity contribution in [3.63, 3.8) is 0 Å². The third-order valence-electron chi connectivity index (χ3n) is 5.28. The van der Waals surface area contributed by atoms with E-state index in [1.807, 2.05) is 19.9 Å². The summed E-state index contributed by atoms with van der Waals surface area (Å²) in [4.78, 5) is 25.9. The second-order valence-corrected chi connectivity index (χ2v) is 6.73. The largest absolute Gasteiger partial charge is 0.469 e. The summed E-state index contributed by atoms with van der Waals surface area (Å²) in [5.41, 5.74) is 5.30. The predicted molar refractivity (Wildman–Crippen MR) is 107 cm³/mol. The molecular weight excluding hydrogens is 360 g/mol. The molecule has 1 aromatic rings. The highest BCUT2D eigenvalue weighted by molar-refractivity contribution is 5.89. The molecule has 0 saturated carbocycles. The molecule has 2 heterocycles. The number of aliphatic hydroxyl groups excluding tert-OH is 1. The van der Waals surface area contributed by atoms with Gasteiger partial charge < -0.3 is 25.2 Å². The average molecular weight is 396 g/mol. The number of carbonyl (C=O) groups excluding carboxylic acids is 2. The lowest BCUT2D eigenvalue weighted by atomic mass is 9.87. The molecule has 1 aromatic carbocycles. The van der Waals surface area contributed by atoms with Gasteiger partial charge in [-0.05, 0) is 12.1 Å². The lowest BCUT2D eigenvalue weighted by molar-refractivity contribution is -0.926. The SMILES string of the molecule is CC.COC(=O)C1C(OC(=O)c2ccccc2)CC2CCC1[NH+]2C.NCCO. The molecule has 0 aliphatic carbocycles. The van der Waals surface area contributed by atoms with E-state index in [4.69, 9.17) is 20.3 Å². The summed E-state index contributed by atoms with van der Waals surface area (Å²) in [6.07, 6.45) is 2.39. The number of carbonyl (C=O) groups is 2.